The number of ether oxygens (including phenoxy) is 1. The van der Waals surface area contributed by atoms with Crippen LogP contribution < -0.4 is 15.2 Å². The molecule has 2 aliphatic rings. The standard InChI is InChI=1S/C23H24ClN5O2/c1-31-17-11-9-16(10-12-17)22-18(15-25)21(23(30)27-28-13-5-2-6-14-28)26-29(22)20-8-4-3-7-19(20)24/h3-4,7-12,18,22H,2,5-6,13-14H2,1H3,(H,27,30). The molecule has 2 unspecified atom stereocenters. The monoisotopic (exact) mass is 437 g/mol. The van der Waals surface area contributed by atoms with Gasteiger partial charge in [-0.1, -0.05) is 42.3 Å². The number of hydrogen-bond donors (Lipinski definition) is 1. The first-order chi connectivity index (χ1) is 15.1. The maximum absolute atomic E-state index is 13.1. The van der Waals surface area contributed by atoms with E-state index >= 15 is 0 Å². The molecule has 0 radical (unpaired) electrons. The molecule has 31 heavy (non-hydrogen) atoms. The number of halogens is 1. The Balaban J connectivity index is 1.71. The number of hydrogen-bond acceptors (Lipinski definition) is 6. The van der Waals surface area contributed by atoms with Crippen molar-refractivity contribution in [3.63, 3.8) is 0 Å². The first-order valence-corrected chi connectivity index (χ1v) is 10.7. The van der Waals surface area contributed by atoms with Gasteiger partial charge in [-0.05, 0) is 42.7 Å². The lowest BCUT2D eigenvalue weighted by Crippen LogP contribution is -2.48. The highest BCUT2D eigenvalue weighted by Gasteiger charge is 2.43. The zero-order valence-corrected chi connectivity index (χ0v) is 18.0. The van der Waals surface area contributed by atoms with Crippen molar-refractivity contribution < 1.29 is 9.53 Å². The van der Waals surface area contributed by atoms with E-state index in [1.807, 2.05) is 47.5 Å². The van der Waals surface area contributed by atoms with Crippen molar-refractivity contribution in [2.75, 3.05) is 25.2 Å². The van der Waals surface area contributed by atoms with E-state index in [2.05, 4.69) is 16.6 Å². The van der Waals surface area contributed by atoms with Gasteiger partial charge in [-0.3, -0.25) is 15.2 Å². The van der Waals surface area contributed by atoms with E-state index in [1.54, 1.807) is 18.2 Å². The third-order valence-electron chi connectivity index (χ3n) is 5.63. The Morgan fingerprint density at radius 1 is 1.16 bits per heavy atom. The first kappa shape index (κ1) is 21.2. The lowest BCUT2D eigenvalue weighted by molar-refractivity contribution is -0.119. The first-order valence-electron chi connectivity index (χ1n) is 10.3. The van der Waals surface area contributed by atoms with Gasteiger partial charge in [0.25, 0.3) is 5.91 Å². The number of rotatable bonds is 5. The molecule has 4 rings (SSSR count). The Bertz CT molecular complexity index is 1010. The maximum Gasteiger partial charge on any atom is 0.283 e. The fourth-order valence-corrected chi connectivity index (χ4v) is 4.25. The van der Waals surface area contributed by atoms with E-state index in [9.17, 15) is 10.1 Å². The summed E-state index contributed by atoms with van der Waals surface area (Å²) in [5, 5.41) is 18.7. The largest absolute Gasteiger partial charge is 0.497 e. The third-order valence-corrected chi connectivity index (χ3v) is 5.95. The number of carbonyl (C=O) groups excluding carboxylic acids is 1. The van der Waals surface area contributed by atoms with Crippen LogP contribution in [0, 0.1) is 17.2 Å². The smallest absolute Gasteiger partial charge is 0.283 e. The molecule has 0 saturated carbocycles. The molecule has 0 bridgehead atoms. The highest BCUT2D eigenvalue weighted by molar-refractivity contribution is 6.41. The molecular formula is C23H24ClN5O2. The minimum absolute atomic E-state index is 0.189. The van der Waals surface area contributed by atoms with Crippen LogP contribution in [0.3, 0.4) is 0 Å². The number of piperidine rings is 1. The molecule has 1 N–H and O–H groups in total. The average molecular weight is 438 g/mol. The van der Waals surface area contributed by atoms with Gasteiger partial charge in [0, 0.05) is 13.1 Å². The molecule has 7 nitrogen and oxygen atoms in total. The molecule has 2 atom stereocenters. The van der Waals surface area contributed by atoms with E-state index < -0.39 is 12.0 Å². The zero-order chi connectivity index (χ0) is 21.8. The minimum Gasteiger partial charge on any atom is -0.497 e. The average Bonchev–Trinajstić information content (AvgIpc) is 3.19. The normalized spacial score (nSPS) is 21.3. The Kier molecular flexibility index (Phi) is 6.40. The van der Waals surface area contributed by atoms with Crippen LogP contribution in [0.1, 0.15) is 30.9 Å². The van der Waals surface area contributed by atoms with Crippen molar-refractivity contribution >= 4 is 28.9 Å². The molecule has 0 aliphatic carbocycles. The van der Waals surface area contributed by atoms with Crippen molar-refractivity contribution in [2.24, 2.45) is 11.0 Å². The number of anilines is 1. The summed E-state index contributed by atoms with van der Waals surface area (Å²) < 4.78 is 5.26. The molecule has 1 amide bonds. The van der Waals surface area contributed by atoms with Crippen molar-refractivity contribution in [1.29, 1.82) is 5.26 Å². The summed E-state index contributed by atoms with van der Waals surface area (Å²) in [5.74, 6) is -0.389. The highest BCUT2D eigenvalue weighted by Crippen LogP contribution is 2.42. The number of hydrazine groups is 1. The second-order valence-electron chi connectivity index (χ2n) is 7.59. The lowest BCUT2D eigenvalue weighted by atomic mass is 9.90. The van der Waals surface area contributed by atoms with Gasteiger partial charge in [-0.2, -0.15) is 10.4 Å². The number of nitrogens with zero attached hydrogens (tertiary/aromatic N) is 4. The van der Waals surface area contributed by atoms with Gasteiger partial charge in [-0.25, -0.2) is 5.01 Å². The van der Waals surface area contributed by atoms with Gasteiger partial charge >= 0.3 is 0 Å². The van der Waals surface area contributed by atoms with Gasteiger partial charge < -0.3 is 4.74 Å². The van der Waals surface area contributed by atoms with E-state index in [0.29, 0.717) is 16.5 Å². The predicted molar refractivity (Wildman–Crippen MR) is 120 cm³/mol. The summed E-state index contributed by atoms with van der Waals surface area (Å²) in [4.78, 5) is 13.1. The Hall–Kier alpha value is -3.08. The van der Waals surface area contributed by atoms with Crippen molar-refractivity contribution in [3.05, 3.63) is 59.1 Å². The second kappa shape index (κ2) is 9.38. The maximum atomic E-state index is 13.1. The van der Waals surface area contributed by atoms with E-state index in [4.69, 9.17) is 16.3 Å². The van der Waals surface area contributed by atoms with E-state index in [0.717, 1.165) is 37.9 Å². The molecule has 1 fully saturated rings. The number of benzene rings is 2. The summed E-state index contributed by atoms with van der Waals surface area (Å²) in [6, 6.07) is 16.6. The van der Waals surface area contributed by atoms with Gasteiger partial charge in [0.15, 0.2) is 0 Å². The molecular weight excluding hydrogens is 414 g/mol. The van der Waals surface area contributed by atoms with Gasteiger partial charge in [0.1, 0.15) is 17.4 Å². The van der Waals surface area contributed by atoms with Gasteiger partial charge in [-0.15, -0.1) is 0 Å². The quantitative estimate of drug-likeness (QED) is 0.766. The van der Waals surface area contributed by atoms with Crippen LogP contribution in [0.4, 0.5) is 5.69 Å². The number of methoxy groups -OCH3 is 1. The molecule has 0 spiro atoms. The minimum atomic E-state index is -0.755. The number of nitrogens with one attached hydrogen (secondary N) is 1. The second-order valence-corrected chi connectivity index (χ2v) is 8.00. The van der Waals surface area contributed by atoms with Crippen molar-refractivity contribution in [2.45, 2.75) is 25.3 Å². The molecule has 1 saturated heterocycles. The summed E-state index contributed by atoms with van der Waals surface area (Å²) >= 11 is 6.46. The Morgan fingerprint density at radius 2 is 1.87 bits per heavy atom. The summed E-state index contributed by atoms with van der Waals surface area (Å²) in [6.07, 6.45) is 3.23. The topological polar surface area (TPSA) is 81.0 Å². The van der Waals surface area contributed by atoms with Crippen molar-refractivity contribution in [3.8, 4) is 11.8 Å². The zero-order valence-electron chi connectivity index (χ0n) is 17.3. The number of hydrazone groups is 1. The van der Waals surface area contributed by atoms with E-state index in [-0.39, 0.29) is 11.6 Å². The molecule has 0 aromatic heterocycles. The number of nitriles is 1. The van der Waals surface area contributed by atoms with Crippen LogP contribution in [-0.4, -0.2) is 36.8 Å². The van der Waals surface area contributed by atoms with Gasteiger partial charge in [0.2, 0.25) is 0 Å². The third kappa shape index (κ3) is 4.36. The molecule has 2 aromatic carbocycles. The van der Waals surface area contributed by atoms with Crippen molar-refractivity contribution in [1.82, 2.24) is 10.4 Å². The summed E-state index contributed by atoms with van der Waals surface area (Å²) in [5.41, 5.74) is 4.61. The molecule has 160 valence electrons. The fourth-order valence-electron chi connectivity index (χ4n) is 4.03. The summed E-state index contributed by atoms with van der Waals surface area (Å²) in [7, 11) is 1.60. The molecule has 2 heterocycles. The number of para-hydroxylation sites is 1. The van der Waals surface area contributed by atoms with Crippen LogP contribution in [0.15, 0.2) is 53.6 Å². The lowest BCUT2D eigenvalue weighted by Gasteiger charge is -2.27. The SMILES string of the molecule is COc1ccc(C2C(C#N)C(C(=O)NN3CCCCC3)=NN2c2ccccc2Cl)cc1. The summed E-state index contributed by atoms with van der Waals surface area (Å²) in [6.45, 7) is 1.60. The number of carbonyl (C=O) groups is 1. The highest BCUT2D eigenvalue weighted by atomic mass is 35.5. The molecule has 2 aromatic rings. The Morgan fingerprint density at radius 3 is 2.52 bits per heavy atom. The fraction of sp³-hybridized carbons (Fsp3) is 0.348. The van der Waals surface area contributed by atoms with Crippen LogP contribution in [0.2, 0.25) is 5.02 Å². The van der Waals surface area contributed by atoms with Crippen LogP contribution >= 0.6 is 11.6 Å². The Labute approximate surface area is 186 Å². The molecule has 2 aliphatic heterocycles. The van der Waals surface area contributed by atoms with Crippen LogP contribution in [0.5, 0.6) is 5.75 Å². The predicted octanol–water partition coefficient (Wildman–Crippen LogP) is 3.92. The van der Waals surface area contributed by atoms with Gasteiger partial charge in [0.05, 0.1) is 29.9 Å². The van der Waals surface area contributed by atoms with E-state index in [1.165, 1.54) is 0 Å². The number of amides is 1. The van der Waals surface area contributed by atoms with Crippen LogP contribution in [0.25, 0.3) is 0 Å². The molecule has 8 heteroatoms. The van der Waals surface area contributed by atoms with Crippen LogP contribution in [-0.2, 0) is 4.79 Å².